The highest BCUT2D eigenvalue weighted by atomic mass is 19.1. The lowest BCUT2D eigenvalue weighted by atomic mass is 9.92. The number of ether oxygens (including phenoxy) is 1. The highest BCUT2D eigenvalue weighted by Gasteiger charge is 2.20. The van der Waals surface area contributed by atoms with Crippen molar-refractivity contribution in [3.8, 4) is 5.75 Å². The molecule has 0 bridgehead atoms. The predicted octanol–water partition coefficient (Wildman–Crippen LogP) is 3.04. The van der Waals surface area contributed by atoms with Gasteiger partial charge in [-0.15, -0.1) is 0 Å². The van der Waals surface area contributed by atoms with Crippen LogP contribution < -0.4 is 10.1 Å². The second-order valence-corrected chi connectivity index (χ2v) is 6.03. The van der Waals surface area contributed by atoms with E-state index in [1.165, 1.54) is 0 Å². The molecule has 0 saturated carbocycles. The molecule has 1 aromatic carbocycles. The molecular formula is C15H16FN3O5. The van der Waals surface area contributed by atoms with Crippen molar-refractivity contribution in [3.05, 3.63) is 45.9 Å². The average Bonchev–Trinajstić information content (AvgIpc) is 2.93. The Morgan fingerprint density at radius 2 is 2.12 bits per heavy atom. The minimum absolute atomic E-state index is 0.127. The number of benzene rings is 1. The Bertz CT molecular complexity index is 767. The van der Waals surface area contributed by atoms with Crippen LogP contribution in [0.5, 0.6) is 5.75 Å². The molecule has 24 heavy (non-hydrogen) atoms. The first-order valence-electron chi connectivity index (χ1n) is 7.00. The van der Waals surface area contributed by atoms with Crippen molar-refractivity contribution in [2.45, 2.75) is 26.2 Å². The van der Waals surface area contributed by atoms with Gasteiger partial charge in [0.2, 0.25) is 11.6 Å². The van der Waals surface area contributed by atoms with Gasteiger partial charge < -0.3 is 9.26 Å². The number of halogens is 1. The monoisotopic (exact) mass is 337 g/mol. The van der Waals surface area contributed by atoms with Gasteiger partial charge >= 0.3 is 5.69 Å². The summed E-state index contributed by atoms with van der Waals surface area (Å²) in [4.78, 5) is 21.9. The Labute approximate surface area is 136 Å². The molecule has 1 heterocycles. The number of hydrogen-bond acceptors (Lipinski definition) is 6. The number of nitrogens with zero attached hydrogens (tertiary/aromatic N) is 2. The largest absolute Gasteiger partial charge is 0.477 e. The van der Waals surface area contributed by atoms with Gasteiger partial charge in [-0.1, -0.05) is 25.9 Å². The summed E-state index contributed by atoms with van der Waals surface area (Å²) in [6.45, 7) is 5.25. The van der Waals surface area contributed by atoms with E-state index in [2.05, 4.69) is 10.5 Å². The molecule has 1 amide bonds. The van der Waals surface area contributed by atoms with Crippen LogP contribution in [0.4, 0.5) is 16.0 Å². The van der Waals surface area contributed by atoms with Crippen LogP contribution in [0.1, 0.15) is 26.5 Å². The van der Waals surface area contributed by atoms with E-state index in [1.54, 1.807) is 6.07 Å². The van der Waals surface area contributed by atoms with Crippen molar-refractivity contribution in [2.75, 3.05) is 11.9 Å². The Kier molecular flexibility index (Phi) is 4.82. The first-order valence-corrected chi connectivity index (χ1v) is 7.00. The van der Waals surface area contributed by atoms with Crippen molar-refractivity contribution in [3.63, 3.8) is 0 Å². The van der Waals surface area contributed by atoms with Crippen LogP contribution in [0.25, 0.3) is 0 Å². The average molecular weight is 337 g/mol. The van der Waals surface area contributed by atoms with Gasteiger partial charge in [-0.2, -0.15) is 0 Å². The Hall–Kier alpha value is -2.97. The number of carbonyl (C=O) groups excluding carboxylic acids is 1. The molecule has 8 nitrogen and oxygen atoms in total. The maximum atomic E-state index is 13.2. The zero-order valence-corrected chi connectivity index (χ0v) is 13.3. The molecule has 0 aliphatic heterocycles. The van der Waals surface area contributed by atoms with Gasteiger partial charge in [0.05, 0.1) is 10.6 Å². The van der Waals surface area contributed by atoms with Crippen molar-refractivity contribution in [2.24, 2.45) is 0 Å². The number of anilines is 1. The van der Waals surface area contributed by atoms with Crippen LogP contribution in [-0.2, 0) is 10.2 Å². The van der Waals surface area contributed by atoms with Crippen LogP contribution in [-0.4, -0.2) is 22.6 Å². The van der Waals surface area contributed by atoms with Gasteiger partial charge in [0, 0.05) is 23.6 Å². The van der Waals surface area contributed by atoms with Gasteiger partial charge in [-0.25, -0.2) is 4.39 Å². The lowest BCUT2D eigenvalue weighted by Gasteiger charge is -2.12. The van der Waals surface area contributed by atoms with E-state index in [0.29, 0.717) is 5.69 Å². The molecule has 0 radical (unpaired) electrons. The lowest BCUT2D eigenvalue weighted by Crippen LogP contribution is -2.20. The van der Waals surface area contributed by atoms with Gasteiger partial charge in [0.25, 0.3) is 5.91 Å². The summed E-state index contributed by atoms with van der Waals surface area (Å²) in [5.41, 5.74) is -0.0242. The standard InChI is InChI=1S/C15H16FN3O5/c1-15(2,3)12-7-14(24-18-12)17-13(20)8-23-11-6-9(16)4-5-10(11)19(21)22/h4-7H,8H2,1-3H3,(H,17,20). The number of aromatic nitrogens is 1. The third kappa shape index (κ3) is 4.28. The van der Waals surface area contributed by atoms with Crippen LogP contribution in [0, 0.1) is 15.9 Å². The first-order chi connectivity index (χ1) is 11.2. The number of nitrogens with one attached hydrogen (secondary N) is 1. The summed E-state index contributed by atoms with van der Waals surface area (Å²) >= 11 is 0. The molecule has 2 aromatic rings. The summed E-state index contributed by atoms with van der Waals surface area (Å²) in [7, 11) is 0. The number of rotatable bonds is 5. The zero-order valence-electron chi connectivity index (χ0n) is 13.3. The van der Waals surface area contributed by atoms with E-state index < -0.39 is 28.9 Å². The molecule has 0 saturated heterocycles. The van der Waals surface area contributed by atoms with Crippen molar-refractivity contribution in [1.29, 1.82) is 0 Å². The maximum absolute atomic E-state index is 13.2. The second kappa shape index (κ2) is 6.65. The summed E-state index contributed by atoms with van der Waals surface area (Å²) in [6, 6.07) is 4.32. The topological polar surface area (TPSA) is 108 Å². The molecule has 9 heteroatoms. The molecular weight excluding hydrogens is 321 g/mol. The van der Waals surface area contributed by atoms with E-state index in [1.807, 2.05) is 20.8 Å². The maximum Gasteiger partial charge on any atom is 0.311 e. The van der Waals surface area contributed by atoms with E-state index in [9.17, 15) is 19.3 Å². The quantitative estimate of drug-likeness (QED) is 0.663. The molecule has 2 rings (SSSR count). The summed E-state index contributed by atoms with van der Waals surface area (Å²) in [5, 5.41) is 17.1. The SMILES string of the molecule is CC(C)(C)c1cc(NC(=O)COc2cc(F)ccc2[N+](=O)[O-])on1. The molecule has 0 aliphatic rings. The fourth-order valence-electron chi connectivity index (χ4n) is 1.76. The third-order valence-corrected chi connectivity index (χ3v) is 3.02. The predicted molar refractivity (Wildman–Crippen MR) is 82.4 cm³/mol. The molecule has 0 spiro atoms. The number of nitro benzene ring substituents is 1. The van der Waals surface area contributed by atoms with E-state index >= 15 is 0 Å². The number of carbonyl (C=O) groups is 1. The van der Waals surface area contributed by atoms with Gasteiger partial charge in [0.15, 0.2) is 6.61 Å². The molecule has 0 unspecified atom stereocenters. The number of hydrogen-bond donors (Lipinski definition) is 1. The fraction of sp³-hybridized carbons (Fsp3) is 0.333. The zero-order chi connectivity index (χ0) is 17.9. The summed E-state index contributed by atoms with van der Waals surface area (Å²) < 4.78 is 23.2. The summed E-state index contributed by atoms with van der Waals surface area (Å²) in [6.07, 6.45) is 0. The molecule has 1 aromatic heterocycles. The Morgan fingerprint density at radius 1 is 1.42 bits per heavy atom. The first kappa shape index (κ1) is 17.4. The van der Waals surface area contributed by atoms with Gasteiger partial charge in [0.1, 0.15) is 5.82 Å². The van der Waals surface area contributed by atoms with E-state index in [0.717, 1.165) is 18.2 Å². The molecule has 128 valence electrons. The minimum Gasteiger partial charge on any atom is -0.477 e. The third-order valence-electron chi connectivity index (χ3n) is 3.02. The van der Waals surface area contributed by atoms with Crippen LogP contribution >= 0.6 is 0 Å². The fourth-order valence-corrected chi connectivity index (χ4v) is 1.76. The normalized spacial score (nSPS) is 11.2. The highest BCUT2D eigenvalue weighted by molar-refractivity contribution is 5.90. The van der Waals surface area contributed by atoms with Crippen LogP contribution in [0.3, 0.4) is 0 Å². The number of amides is 1. The minimum atomic E-state index is -0.723. The van der Waals surface area contributed by atoms with E-state index in [-0.39, 0.29) is 17.0 Å². The molecule has 1 N–H and O–H groups in total. The van der Waals surface area contributed by atoms with Gasteiger partial charge in [-0.05, 0) is 6.07 Å². The van der Waals surface area contributed by atoms with Crippen molar-refractivity contribution in [1.82, 2.24) is 5.16 Å². The van der Waals surface area contributed by atoms with Crippen molar-refractivity contribution >= 4 is 17.5 Å². The highest BCUT2D eigenvalue weighted by Crippen LogP contribution is 2.27. The Morgan fingerprint density at radius 3 is 2.71 bits per heavy atom. The van der Waals surface area contributed by atoms with Crippen LogP contribution in [0.2, 0.25) is 0 Å². The molecule has 0 fully saturated rings. The molecule has 0 atom stereocenters. The second-order valence-electron chi connectivity index (χ2n) is 6.03. The van der Waals surface area contributed by atoms with Gasteiger partial charge in [-0.3, -0.25) is 20.2 Å². The summed E-state index contributed by atoms with van der Waals surface area (Å²) in [5.74, 6) is -1.53. The van der Waals surface area contributed by atoms with Crippen LogP contribution in [0.15, 0.2) is 28.8 Å². The lowest BCUT2D eigenvalue weighted by molar-refractivity contribution is -0.385. The van der Waals surface area contributed by atoms with Crippen molar-refractivity contribution < 1.29 is 23.4 Å². The Balaban J connectivity index is 2.00. The smallest absolute Gasteiger partial charge is 0.311 e. The molecule has 0 aliphatic carbocycles. The number of nitro groups is 1. The van der Waals surface area contributed by atoms with E-state index in [4.69, 9.17) is 9.26 Å².